The Morgan fingerprint density at radius 3 is 1.51 bits per heavy atom. The van der Waals surface area contributed by atoms with Gasteiger partial charge in [0, 0.05) is 12.8 Å². The summed E-state index contributed by atoms with van der Waals surface area (Å²) >= 11 is 0. The van der Waals surface area contributed by atoms with Gasteiger partial charge in [-0.1, -0.05) is 127 Å². The van der Waals surface area contributed by atoms with Crippen LogP contribution in [0.5, 0.6) is 0 Å². The lowest BCUT2D eigenvalue weighted by atomic mass is 10.1. The highest BCUT2D eigenvalue weighted by Gasteiger charge is 2.27. The van der Waals surface area contributed by atoms with Crippen LogP contribution in [0.1, 0.15) is 174 Å². The summed E-state index contributed by atoms with van der Waals surface area (Å²) in [6.45, 7) is 4.35. The highest BCUT2D eigenvalue weighted by molar-refractivity contribution is 7.47. The number of carbonyl (C=O) groups excluding carboxylic acids is 2. The van der Waals surface area contributed by atoms with Crippen molar-refractivity contribution in [3.63, 3.8) is 0 Å². The molecule has 0 heterocycles. The number of phosphoric acid groups is 1. The molecule has 2 atom stereocenters. The van der Waals surface area contributed by atoms with E-state index in [1.807, 2.05) is 21.1 Å². The first-order chi connectivity index (χ1) is 25.5. The molecule has 0 aliphatic heterocycles. The van der Waals surface area contributed by atoms with E-state index in [9.17, 15) is 19.0 Å². The summed E-state index contributed by atoms with van der Waals surface area (Å²) in [4.78, 5) is 35.3. The summed E-state index contributed by atoms with van der Waals surface area (Å²) in [5.41, 5.74) is 0. The number of unbranched alkanes of at least 4 members (excludes halogenated alkanes) is 18. The minimum Gasteiger partial charge on any atom is -0.462 e. The van der Waals surface area contributed by atoms with Gasteiger partial charge < -0.3 is 18.9 Å². The fourth-order valence-corrected chi connectivity index (χ4v) is 6.25. The highest BCUT2D eigenvalue weighted by atomic mass is 31.2. The molecule has 0 aliphatic carbocycles. The highest BCUT2D eigenvalue weighted by Crippen LogP contribution is 2.43. The van der Waals surface area contributed by atoms with Gasteiger partial charge >= 0.3 is 19.8 Å². The maximum atomic E-state index is 12.7. The van der Waals surface area contributed by atoms with E-state index in [1.54, 1.807) is 0 Å². The van der Waals surface area contributed by atoms with Crippen LogP contribution in [0, 0.1) is 0 Å². The Bertz CT molecular complexity index is 1010. The van der Waals surface area contributed by atoms with Crippen molar-refractivity contribution in [3.8, 4) is 0 Å². The van der Waals surface area contributed by atoms with Crippen molar-refractivity contribution in [2.75, 3.05) is 47.5 Å². The SMILES string of the molecule is CCCCC/C=C/C/C=C/CCCCCCCCCC(=O)O[C@H](COC(=O)CCCCCCC/C=C/CCCCC)COP(=O)(O)OCC[N+](C)(C)C. The Balaban J connectivity index is 4.40. The Kier molecular flexibility index (Phi) is 34.7. The lowest BCUT2D eigenvalue weighted by Gasteiger charge is -2.24. The number of allylic oxidation sites excluding steroid dienone is 6. The van der Waals surface area contributed by atoms with Gasteiger partial charge in [-0.15, -0.1) is 0 Å². The maximum Gasteiger partial charge on any atom is 0.472 e. The van der Waals surface area contributed by atoms with Crippen LogP contribution >= 0.6 is 7.82 Å². The predicted octanol–water partition coefficient (Wildman–Crippen LogP) is 11.7. The monoisotopic (exact) mass is 771 g/mol. The Morgan fingerprint density at radius 1 is 0.585 bits per heavy atom. The van der Waals surface area contributed by atoms with Crippen LogP contribution in [-0.4, -0.2) is 74.9 Å². The summed E-state index contributed by atoms with van der Waals surface area (Å²) in [7, 11) is 1.46. The number of hydrogen-bond acceptors (Lipinski definition) is 7. The van der Waals surface area contributed by atoms with Crippen LogP contribution in [0.4, 0.5) is 0 Å². The summed E-state index contributed by atoms with van der Waals surface area (Å²) < 4.78 is 34.2. The average Bonchev–Trinajstić information content (AvgIpc) is 3.10. The molecule has 0 radical (unpaired) electrons. The van der Waals surface area contributed by atoms with E-state index in [1.165, 1.54) is 70.6 Å². The summed E-state index contributed by atoms with van der Waals surface area (Å²) in [5, 5.41) is 0. The van der Waals surface area contributed by atoms with Crippen molar-refractivity contribution < 1.29 is 42.1 Å². The predicted molar refractivity (Wildman–Crippen MR) is 220 cm³/mol. The molecule has 10 heteroatoms. The molecule has 0 fully saturated rings. The summed E-state index contributed by atoms with van der Waals surface area (Å²) in [6.07, 6.45) is 39.0. The first kappa shape index (κ1) is 51.2. The van der Waals surface area contributed by atoms with Gasteiger partial charge in [-0.3, -0.25) is 18.6 Å². The Labute approximate surface area is 325 Å². The molecular weight excluding hydrogens is 689 g/mol. The van der Waals surface area contributed by atoms with E-state index in [2.05, 4.69) is 50.3 Å². The summed E-state index contributed by atoms with van der Waals surface area (Å²) in [5.74, 6) is -0.819. The first-order valence-electron chi connectivity index (χ1n) is 21.2. The number of likely N-dealkylation sites (N-methyl/N-ethyl adjacent to an activating group) is 1. The quantitative estimate of drug-likeness (QED) is 0.0217. The second-order valence-corrected chi connectivity index (χ2v) is 16.8. The van der Waals surface area contributed by atoms with Crippen molar-refractivity contribution in [2.24, 2.45) is 0 Å². The number of nitrogens with zero attached hydrogens (tertiary/aromatic N) is 1. The van der Waals surface area contributed by atoms with Crippen molar-refractivity contribution >= 4 is 19.8 Å². The van der Waals surface area contributed by atoms with Gasteiger partial charge in [0.25, 0.3) is 0 Å². The molecule has 0 bridgehead atoms. The van der Waals surface area contributed by atoms with Gasteiger partial charge in [0.2, 0.25) is 0 Å². The zero-order chi connectivity index (χ0) is 39.3. The van der Waals surface area contributed by atoms with Gasteiger partial charge in [-0.2, -0.15) is 0 Å². The van der Waals surface area contributed by atoms with Gasteiger partial charge in [0.15, 0.2) is 6.10 Å². The normalized spacial score (nSPS) is 14.0. The molecule has 0 saturated heterocycles. The van der Waals surface area contributed by atoms with E-state index in [4.69, 9.17) is 18.5 Å². The van der Waals surface area contributed by atoms with E-state index < -0.39 is 26.5 Å². The fraction of sp³-hybridized carbons (Fsp3) is 0.814. The molecular formula is C43H81NO8P+. The minimum absolute atomic E-state index is 0.0284. The van der Waals surface area contributed by atoms with Gasteiger partial charge in [0.05, 0.1) is 27.7 Å². The van der Waals surface area contributed by atoms with Crippen LogP contribution in [-0.2, 0) is 32.7 Å². The van der Waals surface area contributed by atoms with Gasteiger partial charge in [0.1, 0.15) is 19.8 Å². The number of hydrogen-bond donors (Lipinski definition) is 1. The molecule has 310 valence electrons. The molecule has 0 aliphatic rings. The minimum atomic E-state index is -4.37. The zero-order valence-corrected chi connectivity index (χ0v) is 35.6. The van der Waals surface area contributed by atoms with Crippen LogP contribution < -0.4 is 0 Å². The summed E-state index contributed by atoms with van der Waals surface area (Å²) in [6, 6.07) is 0. The molecule has 0 aromatic heterocycles. The largest absolute Gasteiger partial charge is 0.472 e. The molecule has 53 heavy (non-hydrogen) atoms. The van der Waals surface area contributed by atoms with Gasteiger partial charge in [-0.05, 0) is 70.6 Å². The third kappa shape index (κ3) is 39.7. The zero-order valence-electron chi connectivity index (χ0n) is 34.7. The molecule has 0 saturated carbocycles. The Hall–Kier alpha value is -1.77. The molecule has 0 aromatic carbocycles. The van der Waals surface area contributed by atoms with E-state index in [0.29, 0.717) is 17.4 Å². The van der Waals surface area contributed by atoms with Crippen molar-refractivity contribution in [1.82, 2.24) is 0 Å². The van der Waals surface area contributed by atoms with E-state index in [-0.39, 0.29) is 32.0 Å². The van der Waals surface area contributed by atoms with Crippen molar-refractivity contribution in [3.05, 3.63) is 36.5 Å². The van der Waals surface area contributed by atoms with Crippen molar-refractivity contribution in [2.45, 2.75) is 180 Å². The molecule has 9 nitrogen and oxygen atoms in total. The second kappa shape index (κ2) is 35.9. The molecule has 1 unspecified atom stereocenters. The second-order valence-electron chi connectivity index (χ2n) is 15.4. The standard InChI is InChI=1S/C43H80NO8P/c1-6-8-10-12-14-16-18-20-21-22-23-24-26-28-30-32-34-36-43(46)52-41(40-51-53(47,48)50-38-37-44(3,4)5)39-49-42(45)35-33-31-29-27-25-19-17-15-13-11-9-7-2/h14-17,20-21,41H,6-13,18-19,22-40H2,1-5H3/p+1/b16-14+,17-15+,21-20+/t41-/m1/s1. The number of esters is 2. The number of phosphoric ester groups is 1. The molecule has 0 aromatic rings. The third-order valence-corrected chi connectivity index (χ3v) is 9.88. The Morgan fingerprint density at radius 2 is 1.02 bits per heavy atom. The topological polar surface area (TPSA) is 108 Å². The first-order valence-corrected chi connectivity index (χ1v) is 22.7. The lowest BCUT2D eigenvalue weighted by Crippen LogP contribution is -2.37. The molecule has 0 rings (SSSR count). The lowest BCUT2D eigenvalue weighted by molar-refractivity contribution is -0.870. The number of carbonyl (C=O) groups is 2. The smallest absolute Gasteiger partial charge is 0.462 e. The van der Waals surface area contributed by atoms with Gasteiger partial charge in [-0.25, -0.2) is 4.57 Å². The molecule has 0 amide bonds. The average molecular weight is 771 g/mol. The third-order valence-electron chi connectivity index (χ3n) is 8.89. The maximum absolute atomic E-state index is 12.7. The molecule has 1 N–H and O–H groups in total. The number of ether oxygens (including phenoxy) is 2. The van der Waals surface area contributed by atoms with Crippen LogP contribution in [0.3, 0.4) is 0 Å². The fourth-order valence-electron chi connectivity index (χ4n) is 5.51. The van der Waals surface area contributed by atoms with E-state index in [0.717, 1.165) is 70.6 Å². The van der Waals surface area contributed by atoms with Crippen LogP contribution in [0.15, 0.2) is 36.5 Å². The van der Waals surface area contributed by atoms with Crippen LogP contribution in [0.25, 0.3) is 0 Å². The number of quaternary nitrogens is 1. The van der Waals surface area contributed by atoms with Crippen molar-refractivity contribution in [1.29, 1.82) is 0 Å². The van der Waals surface area contributed by atoms with E-state index >= 15 is 0 Å². The van der Waals surface area contributed by atoms with Crippen LogP contribution in [0.2, 0.25) is 0 Å². The number of rotatable bonds is 38. The molecule has 0 spiro atoms.